The Balaban J connectivity index is 1.57. The van der Waals surface area contributed by atoms with Gasteiger partial charge in [-0.1, -0.05) is 52.3 Å². The van der Waals surface area contributed by atoms with Crippen molar-refractivity contribution in [3.63, 3.8) is 0 Å². The van der Waals surface area contributed by atoms with Crippen molar-refractivity contribution in [2.45, 2.75) is 12.5 Å². The average molecular weight is 556 g/mol. The van der Waals surface area contributed by atoms with E-state index in [0.717, 1.165) is 21.0 Å². The third kappa shape index (κ3) is 4.19. The molecule has 3 heterocycles. The van der Waals surface area contributed by atoms with Crippen LogP contribution in [-0.2, 0) is 0 Å². The zero-order valence-electron chi connectivity index (χ0n) is 19.3. The molecular weight excluding hydrogens is 537 g/mol. The smallest absolute Gasteiger partial charge is 0.274 e. The molecule has 0 bridgehead atoms. The molecule has 0 unspecified atom stereocenters. The average Bonchev–Trinajstić information content (AvgIpc) is 3.59. The summed E-state index contributed by atoms with van der Waals surface area (Å²) in [6.45, 7) is 0. The minimum atomic E-state index is -0.595. The number of aromatic nitrogens is 1. The summed E-state index contributed by atoms with van der Waals surface area (Å²) in [5.74, 6) is -0.492. The van der Waals surface area contributed by atoms with E-state index in [1.807, 2.05) is 48.5 Å². The molecule has 1 aliphatic heterocycles. The zero-order valence-corrected chi connectivity index (χ0v) is 20.9. The van der Waals surface area contributed by atoms with E-state index < -0.39 is 17.8 Å². The van der Waals surface area contributed by atoms with Crippen LogP contribution in [0.2, 0.25) is 0 Å². The number of pyridine rings is 1. The summed E-state index contributed by atoms with van der Waals surface area (Å²) in [4.78, 5) is 30.0. The highest BCUT2D eigenvalue weighted by molar-refractivity contribution is 9.10. The van der Waals surface area contributed by atoms with E-state index in [9.17, 15) is 14.0 Å². The van der Waals surface area contributed by atoms with Crippen LogP contribution in [0.4, 0.5) is 4.39 Å². The van der Waals surface area contributed by atoms with Crippen molar-refractivity contribution in [3.8, 4) is 11.1 Å². The standard InChI is InChI=1S/C29H19BrFN3O3/c30-19-11-12-22-21(15-19)26(17-6-2-1-3-7-17)27(28(35)32-22)23-16-24(25-10-5-13-37-25)34(33-23)29(36)18-8-4-9-20(31)14-18/h1-15,24H,16H2,(H,32,35)/t24-/m0/s1. The monoisotopic (exact) mass is 555 g/mol. The van der Waals surface area contributed by atoms with E-state index in [4.69, 9.17) is 4.42 Å². The van der Waals surface area contributed by atoms with Gasteiger partial charge in [0.15, 0.2) is 0 Å². The molecule has 6 rings (SSSR count). The number of H-pyrrole nitrogens is 1. The predicted molar refractivity (Wildman–Crippen MR) is 143 cm³/mol. The Morgan fingerprint density at radius 2 is 1.84 bits per heavy atom. The maximum atomic E-state index is 13.9. The number of carbonyl (C=O) groups is 1. The molecule has 0 radical (unpaired) electrons. The molecule has 1 N–H and O–H groups in total. The Hall–Kier alpha value is -4.30. The number of fused-ring (bicyclic) bond motifs is 1. The Morgan fingerprint density at radius 3 is 2.59 bits per heavy atom. The highest BCUT2D eigenvalue weighted by Crippen LogP contribution is 2.38. The van der Waals surface area contributed by atoms with Crippen LogP contribution in [0.15, 0.2) is 110 Å². The lowest BCUT2D eigenvalue weighted by Gasteiger charge is -2.19. The van der Waals surface area contributed by atoms with Gasteiger partial charge >= 0.3 is 0 Å². The van der Waals surface area contributed by atoms with Gasteiger partial charge in [0, 0.05) is 32.9 Å². The van der Waals surface area contributed by atoms with E-state index >= 15 is 0 Å². The van der Waals surface area contributed by atoms with Gasteiger partial charge in [-0.25, -0.2) is 9.40 Å². The quantitative estimate of drug-likeness (QED) is 0.268. The molecule has 6 nitrogen and oxygen atoms in total. The van der Waals surface area contributed by atoms with Gasteiger partial charge in [0.2, 0.25) is 0 Å². The summed E-state index contributed by atoms with van der Waals surface area (Å²) < 4.78 is 20.4. The van der Waals surface area contributed by atoms with E-state index in [1.54, 1.807) is 12.1 Å². The summed E-state index contributed by atoms with van der Waals surface area (Å²) in [5, 5.41) is 6.78. The second kappa shape index (κ2) is 9.29. The van der Waals surface area contributed by atoms with Gasteiger partial charge in [0.25, 0.3) is 11.5 Å². The fourth-order valence-corrected chi connectivity index (χ4v) is 5.11. The molecule has 3 aromatic carbocycles. The second-order valence-corrected chi connectivity index (χ2v) is 9.62. The largest absolute Gasteiger partial charge is 0.467 e. The number of halogens is 2. The van der Waals surface area contributed by atoms with E-state index in [-0.39, 0.29) is 17.5 Å². The molecule has 0 fully saturated rings. The molecule has 182 valence electrons. The minimum absolute atomic E-state index is 0.154. The number of nitrogens with zero attached hydrogens (tertiary/aromatic N) is 2. The summed E-state index contributed by atoms with van der Waals surface area (Å²) in [6, 6.07) is 23.6. The highest BCUT2D eigenvalue weighted by Gasteiger charge is 2.37. The van der Waals surface area contributed by atoms with Crippen molar-refractivity contribution in [2.75, 3.05) is 0 Å². The molecule has 8 heteroatoms. The number of rotatable bonds is 4. The molecular formula is C29H19BrFN3O3. The van der Waals surface area contributed by atoms with Crippen LogP contribution in [0.3, 0.4) is 0 Å². The molecule has 1 amide bonds. The van der Waals surface area contributed by atoms with Gasteiger partial charge in [0.1, 0.15) is 17.6 Å². The number of hydrogen-bond donors (Lipinski definition) is 1. The maximum absolute atomic E-state index is 13.9. The minimum Gasteiger partial charge on any atom is -0.467 e. The lowest BCUT2D eigenvalue weighted by Crippen LogP contribution is -2.26. The number of aromatic amines is 1. The number of furan rings is 1. The summed E-state index contributed by atoms with van der Waals surface area (Å²) in [7, 11) is 0. The molecule has 37 heavy (non-hydrogen) atoms. The first-order valence-electron chi connectivity index (χ1n) is 11.6. The first-order chi connectivity index (χ1) is 18.0. The van der Waals surface area contributed by atoms with Gasteiger partial charge in [-0.3, -0.25) is 9.59 Å². The molecule has 1 aliphatic rings. The van der Waals surface area contributed by atoms with Crippen LogP contribution < -0.4 is 5.56 Å². The predicted octanol–water partition coefficient (Wildman–Crippen LogP) is 6.68. The molecule has 5 aromatic rings. The Kier molecular flexibility index (Phi) is 5.81. The van der Waals surface area contributed by atoms with Crippen LogP contribution in [0.5, 0.6) is 0 Å². The lowest BCUT2D eigenvalue weighted by molar-refractivity contribution is 0.0692. The summed E-state index contributed by atoms with van der Waals surface area (Å²) in [5.41, 5.74) is 2.91. The molecule has 0 saturated carbocycles. The Morgan fingerprint density at radius 1 is 1.00 bits per heavy atom. The van der Waals surface area contributed by atoms with Crippen LogP contribution in [0, 0.1) is 5.82 Å². The molecule has 0 aliphatic carbocycles. The van der Waals surface area contributed by atoms with Gasteiger partial charge in [-0.05, 0) is 54.1 Å². The maximum Gasteiger partial charge on any atom is 0.274 e. The van der Waals surface area contributed by atoms with Crippen LogP contribution in [0.25, 0.3) is 22.0 Å². The van der Waals surface area contributed by atoms with Crippen molar-refractivity contribution < 1.29 is 13.6 Å². The number of benzene rings is 3. The van der Waals surface area contributed by atoms with Gasteiger partial charge < -0.3 is 9.40 Å². The van der Waals surface area contributed by atoms with Crippen LogP contribution >= 0.6 is 15.9 Å². The fraction of sp³-hybridized carbons (Fsp3) is 0.0690. The topological polar surface area (TPSA) is 78.7 Å². The third-order valence-corrected chi connectivity index (χ3v) is 6.88. The number of amides is 1. The second-order valence-electron chi connectivity index (χ2n) is 8.70. The first kappa shape index (κ1) is 23.1. The molecule has 2 aromatic heterocycles. The van der Waals surface area contributed by atoms with Crippen molar-refractivity contribution >= 4 is 38.5 Å². The number of hydrazone groups is 1. The van der Waals surface area contributed by atoms with Crippen LogP contribution in [-0.4, -0.2) is 21.6 Å². The van der Waals surface area contributed by atoms with Crippen molar-refractivity contribution in [1.82, 2.24) is 9.99 Å². The summed E-state index contributed by atoms with van der Waals surface area (Å²) >= 11 is 3.54. The SMILES string of the molecule is O=C(c1cccc(F)c1)N1N=C(c2c(-c3ccccc3)c3cc(Br)ccc3[nH]c2=O)C[C@H]1c1ccco1. The zero-order chi connectivity index (χ0) is 25.5. The van der Waals surface area contributed by atoms with E-state index in [0.29, 0.717) is 22.6 Å². The van der Waals surface area contributed by atoms with Crippen LogP contribution in [0.1, 0.15) is 34.1 Å². The lowest BCUT2D eigenvalue weighted by atomic mass is 9.92. The van der Waals surface area contributed by atoms with Crippen molar-refractivity contribution in [3.05, 3.63) is 129 Å². The number of carbonyl (C=O) groups excluding carboxylic acids is 1. The fourth-order valence-electron chi connectivity index (χ4n) is 4.75. The first-order valence-corrected chi connectivity index (χ1v) is 12.4. The highest BCUT2D eigenvalue weighted by atomic mass is 79.9. The van der Waals surface area contributed by atoms with Gasteiger partial charge in [-0.15, -0.1) is 0 Å². The molecule has 1 atom stereocenters. The number of hydrogen-bond acceptors (Lipinski definition) is 4. The third-order valence-electron chi connectivity index (χ3n) is 6.39. The van der Waals surface area contributed by atoms with E-state index in [2.05, 4.69) is 26.0 Å². The van der Waals surface area contributed by atoms with Crippen molar-refractivity contribution in [2.24, 2.45) is 5.10 Å². The van der Waals surface area contributed by atoms with E-state index in [1.165, 1.54) is 35.5 Å². The number of nitrogens with one attached hydrogen (secondary N) is 1. The summed E-state index contributed by atoms with van der Waals surface area (Å²) in [6.07, 6.45) is 1.77. The Labute approximate surface area is 219 Å². The van der Waals surface area contributed by atoms with Gasteiger partial charge in [-0.2, -0.15) is 5.10 Å². The normalized spacial score (nSPS) is 15.2. The van der Waals surface area contributed by atoms with Gasteiger partial charge in [0.05, 0.1) is 17.5 Å². The molecule has 0 saturated heterocycles. The van der Waals surface area contributed by atoms with Crippen molar-refractivity contribution in [1.29, 1.82) is 0 Å². The Bertz CT molecular complexity index is 1730. The molecule has 0 spiro atoms.